The molecule has 7 nitrogen and oxygen atoms in total. The van der Waals surface area contributed by atoms with Crippen LogP contribution >= 0.6 is 23.1 Å². The summed E-state index contributed by atoms with van der Waals surface area (Å²) in [7, 11) is 0. The van der Waals surface area contributed by atoms with Gasteiger partial charge in [0.25, 0.3) is 0 Å². The molecule has 0 saturated carbocycles. The SMILES string of the molecule is C=CCNc1nnc(SCC(=O)N(CC)Cc2ccc3c(c2)OCO3)s1. The third kappa shape index (κ3) is 4.67. The van der Waals surface area contributed by atoms with E-state index in [2.05, 4.69) is 22.1 Å². The molecule has 0 bridgehead atoms. The number of carbonyl (C=O) groups is 1. The minimum Gasteiger partial charge on any atom is -0.454 e. The molecule has 1 aromatic heterocycles. The molecule has 138 valence electrons. The van der Waals surface area contributed by atoms with E-state index in [9.17, 15) is 4.79 Å². The summed E-state index contributed by atoms with van der Waals surface area (Å²) in [6, 6.07) is 5.76. The summed E-state index contributed by atoms with van der Waals surface area (Å²) >= 11 is 2.83. The van der Waals surface area contributed by atoms with Gasteiger partial charge in [-0.2, -0.15) is 0 Å². The summed E-state index contributed by atoms with van der Waals surface area (Å²) in [5.74, 6) is 1.87. The van der Waals surface area contributed by atoms with Crippen molar-refractivity contribution in [3.8, 4) is 11.5 Å². The largest absolute Gasteiger partial charge is 0.454 e. The molecule has 0 saturated heterocycles. The van der Waals surface area contributed by atoms with Crippen LogP contribution in [-0.4, -0.2) is 46.6 Å². The predicted molar refractivity (Wildman–Crippen MR) is 103 cm³/mol. The zero-order chi connectivity index (χ0) is 18.4. The monoisotopic (exact) mass is 392 g/mol. The highest BCUT2D eigenvalue weighted by atomic mass is 32.2. The van der Waals surface area contributed by atoms with E-state index in [1.807, 2.05) is 30.0 Å². The smallest absolute Gasteiger partial charge is 0.233 e. The Balaban J connectivity index is 1.53. The fraction of sp³-hybridized carbons (Fsp3) is 0.353. The number of aromatic nitrogens is 2. The van der Waals surface area contributed by atoms with Crippen LogP contribution in [0, 0.1) is 0 Å². The van der Waals surface area contributed by atoms with E-state index >= 15 is 0 Å². The molecule has 0 fully saturated rings. The van der Waals surface area contributed by atoms with Crippen molar-refractivity contribution in [2.24, 2.45) is 0 Å². The van der Waals surface area contributed by atoms with Crippen molar-refractivity contribution in [3.05, 3.63) is 36.4 Å². The summed E-state index contributed by atoms with van der Waals surface area (Å²) in [5, 5.41) is 11.9. The van der Waals surface area contributed by atoms with Crippen LogP contribution in [0.1, 0.15) is 12.5 Å². The van der Waals surface area contributed by atoms with Crippen molar-refractivity contribution in [1.29, 1.82) is 0 Å². The number of nitrogens with zero attached hydrogens (tertiary/aromatic N) is 3. The Bertz CT molecular complexity index is 781. The van der Waals surface area contributed by atoms with Crippen LogP contribution in [0.15, 0.2) is 35.2 Å². The number of hydrogen-bond acceptors (Lipinski definition) is 8. The third-order valence-corrected chi connectivity index (χ3v) is 5.67. The van der Waals surface area contributed by atoms with E-state index in [-0.39, 0.29) is 12.7 Å². The van der Waals surface area contributed by atoms with Gasteiger partial charge in [-0.25, -0.2) is 0 Å². The van der Waals surface area contributed by atoms with Crippen molar-refractivity contribution in [2.45, 2.75) is 17.8 Å². The lowest BCUT2D eigenvalue weighted by molar-refractivity contribution is -0.128. The molecular formula is C17H20N4O3S2. The molecule has 2 heterocycles. The lowest BCUT2D eigenvalue weighted by Gasteiger charge is -2.20. The maximum Gasteiger partial charge on any atom is 0.233 e. The van der Waals surface area contributed by atoms with Gasteiger partial charge in [0.2, 0.25) is 17.8 Å². The number of hydrogen-bond donors (Lipinski definition) is 1. The Kier molecular flexibility index (Phi) is 6.35. The van der Waals surface area contributed by atoms with Crippen molar-refractivity contribution < 1.29 is 14.3 Å². The molecule has 2 aromatic rings. The topological polar surface area (TPSA) is 76.6 Å². The summed E-state index contributed by atoms with van der Waals surface area (Å²) in [5.41, 5.74) is 1.02. The maximum atomic E-state index is 12.5. The van der Waals surface area contributed by atoms with Crippen LogP contribution in [-0.2, 0) is 11.3 Å². The predicted octanol–water partition coefficient (Wildman–Crippen LogP) is 3.01. The Labute approximate surface area is 160 Å². The fourth-order valence-corrected chi connectivity index (χ4v) is 4.01. The molecule has 0 radical (unpaired) electrons. The standard InChI is InChI=1S/C17H20N4O3S2/c1-3-7-18-16-19-20-17(26-16)25-10-15(22)21(4-2)9-12-5-6-13-14(8-12)24-11-23-13/h3,5-6,8H,1,4,7,9-11H2,2H3,(H,18,19). The van der Waals surface area contributed by atoms with Gasteiger partial charge in [0.15, 0.2) is 15.8 Å². The molecule has 1 aliphatic heterocycles. The molecule has 9 heteroatoms. The minimum absolute atomic E-state index is 0.0611. The first-order valence-corrected chi connectivity index (χ1v) is 9.97. The van der Waals surface area contributed by atoms with Gasteiger partial charge in [0.1, 0.15) is 0 Å². The fourth-order valence-electron chi connectivity index (χ4n) is 2.35. The van der Waals surface area contributed by atoms with Crippen LogP contribution in [0.5, 0.6) is 11.5 Å². The van der Waals surface area contributed by atoms with E-state index in [1.54, 1.807) is 6.08 Å². The molecule has 1 aromatic carbocycles. The number of amides is 1. The van der Waals surface area contributed by atoms with Crippen molar-refractivity contribution in [2.75, 3.05) is 31.0 Å². The lowest BCUT2D eigenvalue weighted by Crippen LogP contribution is -2.31. The highest BCUT2D eigenvalue weighted by molar-refractivity contribution is 8.01. The Morgan fingerprint density at radius 1 is 1.42 bits per heavy atom. The first-order valence-electron chi connectivity index (χ1n) is 8.17. The lowest BCUT2D eigenvalue weighted by atomic mass is 10.2. The van der Waals surface area contributed by atoms with E-state index in [0.717, 1.165) is 26.5 Å². The molecule has 0 aliphatic carbocycles. The van der Waals surface area contributed by atoms with Crippen LogP contribution in [0.3, 0.4) is 0 Å². The molecular weight excluding hydrogens is 372 g/mol. The van der Waals surface area contributed by atoms with Gasteiger partial charge in [-0.15, -0.1) is 16.8 Å². The summed E-state index contributed by atoms with van der Waals surface area (Å²) in [6.45, 7) is 7.67. The molecule has 3 rings (SSSR count). The van der Waals surface area contributed by atoms with Gasteiger partial charge in [0, 0.05) is 19.6 Å². The molecule has 1 amide bonds. The quantitative estimate of drug-likeness (QED) is 0.519. The number of ether oxygens (including phenoxy) is 2. The normalized spacial score (nSPS) is 12.0. The van der Waals surface area contributed by atoms with Crippen molar-refractivity contribution in [3.63, 3.8) is 0 Å². The molecule has 1 N–H and O–H groups in total. The van der Waals surface area contributed by atoms with Crippen molar-refractivity contribution in [1.82, 2.24) is 15.1 Å². The Morgan fingerprint density at radius 2 is 2.27 bits per heavy atom. The highest BCUT2D eigenvalue weighted by Gasteiger charge is 2.17. The van der Waals surface area contributed by atoms with Crippen LogP contribution in [0.4, 0.5) is 5.13 Å². The molecule has 0 atom stereocenters. The third-order valence-electron chi connectivity index (χ3n) is 3.67. The summed E-state index contributed by atoms with van der Waals surface area (Å²) < 4.78 is 11.5. The average molecular weight is 393 g/mol. The maximum absolute atomic E-state index is 12.5. The number of anilines is 1. The second-order valence-corrected chi connectivity index (χ2v) is 7.63. The minimum atomic E-state index is 0.0611. The summed E-state index contributed by atoms with van der Waals surface area (Å²) in [6.07, 6.45) is 1.76. The molecule has 1 aliphatic rings. The first-order chi connectivity index (χ1) is 12.7. The van der Waals surface area contributed by atoms with Crippen LogP contribution in [0.2, 0.25) is 0 Å². The number of nitrogens with one attached hydrogen (secondary N) is 1. The number of rotatable bonds is 9. The Morgan fingerprint density at radius 3 is 3.08 bits per heavy atom. The summed E-state index contributed by atoms with van der Waals surface area (Å²) in [4.78, 5) is 14.3. The zero-order valence-electron chi connectivity index (χ0n) is 14.4. The second-order valence-electron chi connectivity index (χ2n) is 5.43. The van der Waals surface area contributed by atoms with E-state index in [1.165, 1.54) is 23.1 Å². The van der Waals surface area contributed by atoms with E-state index in [4.69, 9.17) is 9.47 Å². The van der Waals surface area contributed by atoms with Gasteiger partial charge in [-0.1, -0.05) is 35.2 Å². The second kappa shape index (κ2) is 8.91. The Hall–Kier alpha value is -2.26. The van der Waals surface area contributed by atoms with Gasteiger partial charge >= 0.3 is 0 Å². The van der Waals surface area contributed by atoms with Crippen molar-refractivity contribution >= 4 is 34.1 Å². The van der Waals surface area contributed by atoms with Gasteiger partial charge < -0.3 is 19.7 Å². The van der Waals surface area contributed by atoms with Gasteiger partial charge in [-0.3, -0.25) is 4.79 Å². The zero-order valence-corrected chi connectivity index (χ0v) is 16.1. The van der Waals surface area contributed by atoms with Gasteiger partial charge in [0.05, 0.1) is 5.75 Å². The highest BCUT2D eigenvalue weighted by Crippen LogP contribution is 2.33. The number of thioether (sulfide) groups is 1. The van der Waals surface area contributed by atoms with E-state index in [0.29, 0.717) is 25.4 Å². The number of fused-ring (bicyclic) bond motifs is 1. The van der Waals surface area contributed by atoms with Crippen LogP contribution in [0.25, 0.3) is 0 Å². The van der Waals surface area contributed by atoms with E-state index < -0.39 is 0 Å². The molecule has 26 heavy (non-hydrogen) atoms. The van der Waals surface area contributed by atoms with Crippen LogP contribution < -0.4 is 14.8 Å². The number of carbonyl (C=O) groups excluding carboxylic acids is 1. The number of benzene rings is 1. The van der Waals surface area contributed by atoms with Gasteiger partial charge in [-0.05, 0) is 24.6 Å². The average Bonchev–Trinajstić information content (AvgIpc) is 3.31. The molecule has 0 unspecified atom stereocenters. The first kappa shape index (κ1) is 18.5. The molecule has 0 spiro atoms.